The zero-order chi connectivity index (χ0) is 19.7. The molecule has 0 unspecified atom stereocenters. The van der Waals surface area contributed by atoms with Crippen LogP contribution < -0.4 is 0 Å². The van der Waals surface area contributed by atoms with Crippen LogP contribution in [-0.4, -0.2) is 57.2 Å². The topological polar surface area (TPSA) is 41.4 Å². The van der Waals surface area contributed by atoms with E-state index in [1.54, 1.807) is 7.05 Å². The maximum Gasteiger partial charge on any atom is 0.282 e. The van der Waals surface area contributed by atoms with E-state index >= 15 is 0 Å². The fourth-order valence-electron chi connectivity index (χ4n) is 4.39. The van der Waals surface area contributed by atoms with Crippen LogP contribution in [0, 0.1) is 0 Å². The van der Waals surface area contributed by atoms with Gasteiger partial charge in [-0.05, 0) is 24.5 Å². The van der Waals surface area contributed by atoms with E-state index in [0.29, 0.717) is 12.6 Å². The molecular formula is C21H24F2N4O. The van der Waals surface area contributed by atoms with Gasteiger partial charge in [0.15, 0.2) is 0 Å². The minimum absolute atomic E-state index is 0.141. The molecule has 1 aromatic heterocycles. The van der Waals surface area contributed by atoms with E-state index < -0.39 is 6.43 Å². The van der Waals surface area contributed by atoms with Gasteiger partial charge in [-0.25, -0.2) is 8.78 Å². The largest absolute Gasteiger partial charge is 0.333 e. The van der Waals surface area contributed by atoms with E-state index in [9.17, 15) is 13.6 Å². The van der Waals surface area contributed by atoms with Gasteiger partial charge in [-0.2, -0.15) is 5.10 Å². The molecule has 2 aliphatic rings. The number of benzene rings is 1. The average molecular weight is 386 g/mol. The molecule has 0 N–H and O–H groups in total. The van der Waals surface area contributed by atoms with E-state index in [4.69, 9.17) is 0 Å². The molecule has 2 aromatic rings. The number of carbonyl (C=O) groups excluding carboxylic acids is 1. The quantitative estimate of drug-likeness (QED) is 0.791. The van der Waals surface area contributed by atoms with E-state index in [2.05, 4.69) is 34.3 Å². The second kappa shape index (κ2) is 7.83. The molecule has 148 valence electrons. The number of halogens is 2. The van der Waals surface area contributed by atoms with Crippen molar-refractivity contribution in [1.82, 2.24) is 19.6 Å². The lowest BCUT2D eigenvalue weighted by atomic mass is 10.1. The summed E-state index contributed by atoms with van der Waals surface area (Å²) in [5.74, 6) is -0.198. The summed E-state index contributed by atoms with van der Waals surface area (Å²) in [5.41, 5.74) is 1.06. The molecule has 2 aliphatic heterocycles. The van der Waals surface area contributed by atoms with Gasteiger partial charge < -0.3 is 4.90 Å². The third-order valence-corrected chi connectivity index (χ3v) is 5.74. The normalized spacial score (nSPS) is 22.5. The summed E-state index contributed by atoms with van der Waals surface area (Å²) >= 11 is 0. The summed E-state index contributed by atoms with van der Waals surface area (Å²) in [7, 11) is 1.54. The molecule has 1 aromatic carbocycles. The molecule has 1 amide bonds. The van der Waals surface area contributed by atoms with Crippen molar-refractivity contribution in [3.8, 4) is 0 Å². The molecule has 2 saturated heterocycles. The Morgan fingerprint density at radius 2 is 1.96 bits per heavy atom. The number of alkyl halides is 2. The van der Waals surface area contributed by atoms with Crippen molar-refractivity contribution in [3.63, 3.8) is 0 Å². The van der Waals surface area contributed by atoms with Gasteiger partial charge in [0.1, 0.15) is 11.4 Å². The van der Waals surface area contributed by atoms with Crippen molar-refractivity contribution in [2.75, 3.05) is 19.6 Å². The number of rotatable bonds is 5. The van der Waals surface area contributed by atoms with Crippen LogP contribution in [0.25, 0.3) is 6.08 Å². The number of hydrogen-bond donors (Lipinski definition) is 0. The number of aryl methyl sites for hydroxylation is 1. The van der Waals surface area contributed by atoms with Crippen LogP contribution in [0.4, 0.5) is 8.78 Å². The molecule has 2 atom stereocenters. The first-order valence-electron chi connectivity index (χ1n) is 9.63. The number of nitrogens with zero attached hydrogens (tertiary/aromatic N) is 4. The van der Waals surface area contributed by atoms with Gasteiger partial charge in [-0.3, -0.25) is 14.4 Å². The summed E-state index contributed by atoms with van der Waals surface area (Å²) < 4.78 is 27.1. The molecular weight excluding hydrogens is 362 g/mol. The van der Waals surface area contributed by atoms with Crippen molar-refractivity contribution < 1.29 is 13.6 Å². The van der Waals surface area contributed by atoms with Crippen LogP contribution in [0.15, 0.2) is 42.5 Å². The summed E-state index contributed by atoms with van der Waals surface area (Å²) in [6.45, 7) is 2.44. The highest BCUT2D eigenvalue weighted by Gasteiger charge is 2.44. The Morgan fingerprint density at radius 1 is 1.21 bits per heavy atom. The molecule has 3 heterocycles. The Kier molecular flexibility index (Phi) is 5.26. The summed E-state index contributed by atoms with van der Waals surface area (Å²) in [5, 5.41) is 3.77. The van der Waals surface area contributed by atoms with E-state index in [1.165, 1.54) is 16.3 Å². The smallest absolute Gasteiger partial charge is 0.282 e. The number of fused-ring (bicyclic) bond motifs is 1. The number of amides is 1. The van der Waals surface area contributed by atoms with Gasteiger partial charge in [-0.1, -0.05) is 42.5 Å². The van der Waals surface area contributed by atoms with Gasteiger partial charge in [0.05, 0.1) is 0 Å². The third kappa shape index (κ3) is 3.58. The first kappa shape index (κ1) is 18.8. The highest BCUT2D eigenvalue weighted by atomic mass is 19.3. The second-order valence-electron chi connectivity index (χ2n) is 7.40. The molecule has 2 fully saturated rings. The Balaban J connectivity index is 1.41. The molecule has 0 bridgehead atoms. The highest BCUT2D eigenvalue weighted by Crippen LogP contribution is 2.33. The van der Waals surface area contributed by atoms with Crippen molar-refractivity contribution in [3.05, 3.63) is 59.4 Å². The first-order valence-corrected chi connectivity index (χ1v) is 9.63. The predicted octanol–water partition coefficient (Wildman–Crippen LogP) is 3.36. The maximum absolute atomic E-state index is 12.9. The van der Waals surface area contributed by atoms with Gasteiger partial charge in [0.25, 0.3) is 12.3 Å². The Labute approximate surface area is 163 Å². The van der Waals surface area contributed by atoms with E-state index in [-0.39, 0.29) is 23.3 Å². The lowest BCUT2D eigenvalue weighted by molar-refractivity contribution is 0.0722. The first-order chi connectivity index (χ1) is 13.5. The number of aromatic nitrogens is 2. The highest BCUT2D eigenvalue weighted by molar-refractivity contribution is 5.93. The van der Waals surface area contributed by atoms with Crippen LogP contribution in [0.3, 0.4) is 0 Å². The van der Waals surface area contributed by atoms with Gasteiger partial charge in [0.2, 0.25) is 0 Å². The van der Waals surface area contributed by atoms with Crippen LogP contribution in [0.1, 0.15) is 41.0 Å². The minimum atomic E-state index is -2.67. The van der Waals surface area contributed by atoms with Crippen LogP contribution >= 0.6 is 0 Å². The Morgan fingerprint density at radius 3 is 2.68 bits per heavy atom. The molecule has 7 heteroatoms. The molecule has 5 nitrogen and oxygen atoms in total. The van der Waals surface area contributed by atoms with E-state index in [1.807, 2.05) is 23.1 Å². The monoisotopic (exact) mass is 386 g/mol. The third-order valence-electron chi connectivity index (χ3n) is 5.74. The van der Waals surface area contributed by atoms with Gasteiger partial charge in [-0.15, -0.1) is 0 Å². The van der Waals surface area contributed by atoms with Gasteiger partial charge >= 0.3 is 0 Å². The minimum Gasteiger partial charge on any atom is -0.333 e. The van der Waals surface area contributed by atoms with Crippen LogP contribution in [0.2, 0.25) is 0 Å². The zero-order valence-corrected chi connectivity index (χ0v) is 15.8. The lowest BCUT2D eigenvalue weighted by Gasteiger charge is -2.25. The standard InChI is InChI=1S/C21H24F2N4O/c1-25-19(14-16(24-25)20(22)23)21(28)27-13-10-17-18(27)9-12-26(17)11-5-8-15-6-3-2-4-7-15/h2-8,14,17-18,20H,9-13H2,1H3/t17-,18-/m0/s1. The number of likely N-dealkylation sites (tertiary alicyclic amines) is 2. The molecule has 0 spiro atoms. The Hall–Kier alpha value is -2.54. The van der Waals surface area contributed by atoms with Crippen molar-refractivity contribution >= 4 is 12.0 Å². The van der Waals surface area contributed by atoms with Gasteiger partial charge in [0, 0.05) is 38.8 Å². The van der Waals surface area contributed by atoms with Crippen molar-refractivity contribution in [2.24, 2.45) is 7.05 Å². The molecule has 28 heavy (non-hydrogen) atoms. The fourth-order valence-corrected chi connectivity index (χ4v) is 4.39. The van der Waals surface area contributed by atoms with Crippen LogP contribution in [-0.2, 0) is 7.05 Å². The van der Waals surface area contributed by atoms with Crippen LogP contribution in [0.5, 0.6) is 0 Å². The van der Waals surface area contributed by atoms with E-state index in [0.717, 1.165) is 25.9 Å². The summed E-state index contributed by atoms with van der Waals surface area (Å²) in [4.78, 5) is 17.2. The second-order valence-corrected chi connectivity index (χ2v) is 7.40. The number of carbonyl (C=O) groups is 1. The molecule has 0 radical (unpaired) electrons. The summed E-state index contributed by atoms with van der Waals surface area (Å²) in [6.07, 6.45) is 3.44. The molecule has 4 rings (SSSR count). The zero-order valence-electron chi connectivity index (χ0n) is 15.8. The summed E-state index contributed by atoms with van der Waals surface area (Å²) in [6, 6.07) is 11.9. The van der Waals surface area contributed by atoms with Crippen molar-refractivity contribution in [2.45, 2.75) is 31.4 Å². The Bertz CT molecular complexity index is 865. The SMILES string of the molecule is Cn1nc(C(F)F)cc1C(=O)N1CC[C@H]2[C@@H]1CCN2CC=Cc1ccccc1. The number of hydrogen-bond acceptors (Lipinski definition) is 3. The van der Waals surface area contributed by atoms with Crippen molar-refractivity contribution in [1.29, 1.82) is 0 Å². The maximum atomic E-state index is 12.9. The lowest BCUT2D eigenvalue weighted by Crippen LogP contribution is -2.40. The average Bonchev–Trinajstić information content (AvgIpc) is 3.38. The molecule has 0 saturated carbocycles. The predicted molar refractivity (Wildman–Crippen MR) is 103 cm³/mol. The molecule has 0 aliphatic carbocycles. The fraction of sp³-hybridized carbons (Fsp3) is 0.429.